The van der Waals surface area contributed by atoms with Crippen LogP contribution in [0.2, 0.25) is 5.02 Å². The molecule has 3 N–H and O–H groups in total. The van der Waals surface area contributed by atoms with Crippen LogP contribution in [0.1, 0.15) is 31.4 Å². The largest absolute Gasteiger partial charge is 0.376 e. The van der Waals surface area contributed by atoms with Gasteiger partial charge in [0.15, 0.2) is 0 Å². The molecule has 1 aliphatic heterocycles. The number of nitrogens with two attached hydrogens (primary N) is 1. The van der Waals surface area contributed by atoms with Crippen molar-refractivity contribution in [1.29, 1.82) is 0 Å². The summed E-state index contributed by atoms with van der Waals surface area (Å²) in [4.78, 5) is 0.177. The Morgan fingerprint density at radius 3 is 2.71 bits per heavy atom. The molecule has 0 aliphatic carbocycles. The lowest BCUT2D eigenvalue weighted by atomic mass is 9.97. The van der Waals surface area contributed by atoms with E-state index in [1.54, 1.807) is 13.0 Å². The molecule has 2 unspecified atom stereocenters. The van der Waals surface area contributed by atoms with Gasteiger partial charge in [-0.3, -0.25) is 0 Å². The van der Waals surface area contributed by atoms with Gasteiger partial charge in [-0.15, -0.1) is 0 Å². The maximum absolute atomic E-state index is 12.7. The Bertz CT molecular complexity index is 648. The summed E-state index contributed by atoms with van der Waals surface area (Å²) >= 11 is 6.01. The fourth-order valence-corrected chi connectivity index (χ4v) is 4.64. The molecule has 5 nitrogen and oxygen atoms in total. The van der Waals surface area contributed by atoms with Crippen LogP contribution in [0.15, 0.2) is 17.0 Å². The quantitative estimate of drug-likeness (QED) is 0.883. The van der Waals surface area contributed by atoms with Crippen LogP contribution >= 0.6 is 11.6 Å². The van der Waals surface area contributed by atoms with Crippen molar-refractivity contribution in [1.82, 2.24) is 4.72 Å². The Morgan fingerprint density at radius 1 is 1.52 bits per heavy atom. The molecule has 2 atom stereocenters. The predicted octanol–water partition coefficient (Wildman–Crippen LogP) is 1.95. The van der Waals surface area contributed by atoms with Gasteiger partial charge in [0.1, 0.15) is 0 Å². The van der Waals surface area contributed by atoms with Crippen molar-refractivity contribution in [2.75, 3.05) is 6.61 Å². The number of nitrogens with one attached hydrogen (secondary N) is 1. The number of hydrogen-bond acceptors (Lipinski definition) is 4. The normalized spacial score (nSPS) is 26.2. The number of hydrogen-bond donors (Lipinski definition) is 2. The summed E-state index contributed by atoms with van der Waals surface area (Å²) in [5.74, 6) is 0. The molecule has 0 amide bonds. The third-order valence-corrected chi connectivity index (χ3v) is 6.15. The molecule has 7 heteroatoms. The summed E-state index contributed by atoms with van der Waals surface area (Å²) in [6.45, 7) is 6.25. The predicted molar refractivity (Wildman–Crippen MR) is 82.8 cm³/mol. The molecule has 1 saturated heterocycles. The standard InChI is InChI=1S/C14H21ClN2O3S/c1-9-11(8-16)6-12(15)7-13(9)21(18,19)17-14(3)4-5-20-10(14)2/h6-7,10,17H,4-5,8,16H2,1-3H3. The second-order valence-electron chi connectivity index (χ2n) is 5.68. The number of sulfonamides is 1. The zero-order valence-electron chi connectivity index (χ0n) is 12.4. The smallest absolute Gasteiger partial charge is 0.241 e. The lowest BCUT2D eigenvalue weighted by Gasteiger charge is -2.29. The van der Waals surface area contributed by atoms with E-state index in [0.29, 0.717) is 23.6 Å². The first-order valence-electron chi connectivity index (χ1n) is 6.84. The van der Waals surface area contributed by atoms with E-state index in [1.807, 2.05) is 13.8 Å². The van der Waals surface area contributed by atoms with Gasteiger partial charge in [0.2, 0.25) is 10.0 Å². The summed E-state index contributed by atoms with van der Waals surface area (Å²) in [7, 11) is -3.69. The highest BCUT2D eigenvalue weighted by Crippen LogP contribution is 2.30. The van der Waals surface area contributed by atoms with Crippen molar-refractivity contribution in [2.24, 2.45) is 5.73 Å². The van der Waals surface area contributed by atoms with Crippen LogP contribution in [0.25, 0.3) is 0 Å². The fraction of sp³-hybridized carbons (Fsp3) is 0.571. The molecule has 0 aromatic heterocycles. The molecule has 0 bridgehead atoms. The molecule has 21 heavy (non-hydrogen) atoms. The summed E-state index contributed by atoms with van der Waals surface area (Å²) < 4.78 is 33.7. The Labute approximate surface area is 130 Å². The highest BCUT2D eigenvalue weighted by molar-refractivity contribution is 7.89. The first kappa shape index (κ1) is 16.7. The van der Waals surface area contributed by atoms with Crippen molar-refractivity contribution in [3.63, 3.8) is 0 Å². The molecule has 1 aromatic rings. The SMILES string of the molecule is Cc1c(CN)cc(Cl)cc1S(=O)(=O)NC1(C)CCOC1C. The number of ether oxygens (including phenoxy) is 1. The van der Waals surface area contributed by atoms with E-state index in [4.69, 9.17) is 22.1 Å². The Kier molecular flexibility index (Phi) is 4.66. The van der Waals surface area contributed by atoms with E-state index < -0.39 is 15.6 Å². The van der Waals surface area contributed by atoms with Crippen LogP contribution in [-0.4, -0.2) is 26.7 Å². The molecule has 0 radical (unpaired) electrons. The summed E-state index contributed by atoms with van der Waals surface area (Å²) in [6.07, 6.45) is 0.456. The number of rotatable bonds is 4. The van der Waals surface area contributed by atoms with Crippen molar-refractivity contribution in [3.8, 4) is 0 Å². The average molecular weight is 333 g/mol. The molecular weight excluding hydrogens is 312 g/mol. The van der Waals surface area contributed by atoms with Crippen molar-refractivity contribution < 1.29 is 13.2 Å². The second-order valence-corrected chi connectivity index (χ2v) is 7.77. The Hall–Kier alpha value is -0.660. The molecular formula is C14H21ClN2O3S. The van der Waals surface area contributed by atoms with Crippen LogP contribution in [0.5, 0.6) is 0 Å². The zero-order chi connectivity index (χ0) is 15.8. The Morgan fingerprint density at radius 2 is 2.19 bits per heavy atom. The molecule has 1 aliphatic rings. The molecule has 0 spiro atoms. The van der Waals surface area contributed by atoms with Gasteiger partial charge in [0.05, 0.1) is 16.5 Å². The van der Waals surface area contributed by atoms with Crippen LogP contribution in [0.3, 0.4) is 0 Å². The molecule has 1 aromatic carbocycles. The molecule has 2 rings (SSSR count). The van der Waals surface area contributed by atoms with Crippen LogP contribution < -0.4 is 10.5 Å². The van der Waals surface area contributed by atoms with Crippen LogP contribution in [0.4, 0.5) is 0 Å². The minimum Gasteiger partial charge on any atom is -0.376 e. The van der Waals surface area contributed by atoms with Gasteiger partial charge in [-0.1, -0.05) is 11.6 Å². The molecule has 1 heterocycles. The summed E-state index contributed by atoms with van der Waals surface area (Å²) in [5.41, 5.74) is 6.39. The van der Waals surface area contributed by atoms with Gasteiger partial charge < -0.3 is 10.5 Å². The third-order valence-electron chi connectivity index (χ3n) is 4.20. The maximum atomic E-state index is 12.7. The van der Waals surface area contributed by atoms with Crippen LogP contribution in [0, 0.1) is 6.92 Å². The van der Waals surface area contributed by atoms with E-state index in [2.05, 4.69) is 4.72 Å². The summed E-state index contributed by atoms with van der Waals surface area (Å²) in [5, 5.41) is 0.363. The lowest BCUT2D eigenvalue weighted by Crippen LogP contribution is -2.50. The minimum atomic E-state index is -3.69. The Balaban J connectivity index is 2.43. The lowest BCUT2D eigenvalue weighted by molar-refractivity contribution is 0.0957. The first-order chi connectivity index (χ1) is 9.69. The third kappa shape index (κ3) is 3.24. The van der Waals surface area contributed by atoms with Gasteiger partial charge >= 0.3 is 0 Å². The van der Waals surface area contributed by atoms with E-state index in [0.717, 1.165) is 5.56 Å². The van der Waals surface area contributed by atoms with Gasteiger partial charge in [-0.05, 0) is 50.5 Å². The highest BCUT2D eigenvalue weighted by atomic mass is 35.5. The van der Waals surface area contributed by atoms with Crippen molar-refractivity contribution in [3.05, 3.63) is 28.3 Å². The molecule has 118 valence electrons. The second kappa shape index (κ2) is 5.85. The van der Waals surface area contributed by atoms with Crippen molar-refractivity contribution in [2.45, 2.75) is 50.3 Å². The van der Waals surface area contributed by atoms with Gasteiger partial charge in [0.25, 0.3) is 0 Å². The summed E-state index contributed by atoms with van der Waals surface area (Å²) in [6, 6.07) is 3.15. The van der Waals surface area contributed by atoms with E-state index >= 15 is 0 Å². The van der Waals surface area contributed by atoms with E-state index in [9.17, 15) is 8.42 Å². The highest BCUT2D eigenvalue weighted by Gasteiger charge is 2.41. The monoisotopic (exact) mass is 332 g/mol. The molecule has 1 fully saturated rings. The number of halogens is 1. The molecule has 0 saturated carbocycles. The fourth-order valence-electron chi connectivity index (χ4n) is 2.53. The maximum Gasteiger partial charge on any atom is 0.241 e. The van der Waals surface area contributed by atoms with Gasteiger partial charge in [-0.25, -0.2) is 13.1 Å². The van der Waals surface area contributed by atoms with E-state index in [1.165, 1.54) is 6.07 Å². The van der Waals surface area contributed by atoms with Crippen LogP contribution in [-0.2, 0) is 21.3 Å². The van der Waals surface area contributed by atoms with E-state index in [-0.39, 0.29) is 17.5 Å². The topological polar surface area (TPSA) is 81.4 Å². The zero-order valence-corrected chi connectivity index (χ0v) is 14.0. The van der Waals surface area contributed by atoms with Gasteiger partial charge in [-0.2, -0.15) is 0 Å². The van der Waals surface area contributed by atoms with Crippen molar-refractivity contribution >= 4 is 21.6 Å². The van der Waals surface area contributed by atoms with Gasteiger partial charge in [0, 0.05) is 18.2 Å². The minimum absolute atomic E-state index is 0.177. The average Bonchev–Trinajstić information content (AvgIpc) is 2.70. The first-order valence-corrected chi connectivity index (χ1v) is 8.70. The number of benzene rings is 1.